The number of carbonyl (C=O) groups is 1. The number of hydrogen-bond acceptors (Lipinski definition) is 2. The Hall–Kier alpha value is -1.41. The maximum absolute atomic E-state index is 12.3. The van der Waals surface area contributed by atoms with Gasteiger partial charge in [-0.2, -0.15) is 0 Å². The average Bonchev–Trinajstić information content (AvgIpc) is 2.87. The third kappa shape index (κ3) is 1.73. The monoisotopic (exact) mass is 228 g/mol. The lowest BCUT2D eigenvalue weighted by Crippen LogP contribution is -2.24. The number of aryl methyl sites for hydroxylation is 1. The quantitative estimate of drug-likeness (QED) is 0.574. The zero-order chi connectivity index (χ0) is 12.0. The van der Waals surface area contributed by atoms with Crippen molar-refractivity contribution in [2.75, 3.05) is 0 Å². The lowest BCUT2D eigenvalue weighted by atomic mass is 9.84. The van der Waals surface area contributed by atoms with Crippen molar-refractivity contribution in [3.8, 4) is 0 Å². The molecule has 3 unspecified atom stereocenters. The van der Waals surface area contributed by atoms with E-state index in [0.29, 0.717) is 0 Å². The van der Waals surface area contributed by atoms with E-state index in [1.54, 1.807) is 0 Å². The van der Waals surface area contributed by atoms with Crippen LogP contribution in [0.3, 0.4) is 0 Å². The molecule has 0 N–H and O–H groups in total. The summed E-state index contributed by atoms with van der Waals surface area (Å²) in [4.78, 5) is 12.3. The molecule has 2 aliphatic heterocycles. The summed E-state index contributed by atoms with van der Waals surface area (Å²) in [7, 11) is 0. The van der Waals surface area contributed by atoms with Crippen molar-refractivity contribution in [3.63, 3.8) is 0 Å². The Labute approximate surface area is 101 Å². The van der Waals surface area contributed by atoms with Gasteiger partial charge < -0.3 is 4.74 Å². The van der Waals surface area contributed by atoms with Gasteiger partial charge in [-0.15, -0.1) is 0 Å². The molecule has 3 atom stereocenters. The fraction of sp³-hybridized carbons (Fsp3) is 0.400. The molecule has 0 aliphatic carbocycles. The summed E-state index contributed by atoms with van der Waals surface area (Å²) < 4.78 is 5.75. The summed E-state index contributed by atoms with van der Waals surface area (Å²) in [5.41, 5.74) is 3.27. The van der Waals surface area contributed by atoms with Crippen LogP contribution in [0.2, 0.25) is 0 Å². The molecule has 0 aromatic heterocycles. The molecule has 88 valence electrons. The average molecular weight is 228 g/mol. The predicted octanol–water partition coefficient (Wildman–Crippen LogP) is 2.91. The fourth-order valence-corrected chi connectivity index (χ4v) is 2.71. The van der Waals surface area contributed by atoms with Gasteiger partial charge in [0.2, 0.25) is 0 Å². The number of ketones is 1. The standard InChI is InChI=1S/C15H16O2/c1-9-3-5-11(6-4-9)15(16)12-8-13-10(2)7-14(12)17-13/h3-7,12-14H,8H2,1-2H3. The Morgan fingerprint density at radius 1 is 1.24 bits per heavy atom. The molecule has 1 aromatic carbocycles. The minimum Gasteiger partial charge on any atom is -0.366 e. The van der Waals surface area contributed by atoms with E-state index < -0.39 is 0 Å². The lowest BCUT2D eigenvalue weighted by molar-refractivity contribution is 0.0800. The molecule has 0 spiro atoms. The van der Waals surface area contributed by atoms with E-state index >= 15 is 0 Å². The molecular weight excluding hydrogens is 212 g/mol. The minimum atomic E-state index is 0.00815. The van der Waals surface area contributed by atoms with E-state index in [0.717, 1.165) is 12.0 Å². The SMILES string of the molecule is CC1=CC2OC1CC2C(=O)c1ccc(C)cc1. The number of rotatable bonds is 2. The van der Waals surface area contributed by atoms with Crippen LogP contribution in [0, 0.1) is 12.8 Å². The van der Waals surface area contributed by atoms with E-state index in [4.69, 9.17) is 4.74 Å². The molecule has 2 heteroatoms. The highest BCUT2D eigenvalue weighted by molar-refractivity contribution is 5.98. The highest BCUT2D eigenvalue weighted by Gasteiger charge is 2.43. The third-order valence-corrected chi connectivity index (χ3v) is 3.79. The normalized spacial score (nSPS) is 30.5. The molecule has 0 amide bonds. The van der Waals surface area contributed by atoms with Gasteiger partial charge in [-0.3, -0.25) is 4.79 Å². The molecule has 2 bridgehead atoms. The fourth-order valence-electron chi connectivity index (χ4n) is 2.71. The van der Waals surface area contributed by atoms with E-state index in [1.165, 1.54) is 11.1 Å². The summed E-state index contributed by atoms with van der Waals surface area (Å²) in [5.74, 6) is 0.243. The van der Waals surface area contributed by atoms with Crippen molar-refractivity contribution >= 4 is 5.78 Å². The number of ether oxygens (including phenoxy) is 1. The van der Waals surface area contributed by atoms with Gasteiger partial charge in [0, 0.05) is 5.56 Å². The second-order valence-electron chi connectivity index (χ2n) is 5.07. The van der Waals surface area contributed by atoms with Crippen LogP contribution in [0.1, 0.15) is 29.3 Å². The van der Waals surface area contributed by atoms with Crippen LogP contribution in [0.5, 0.6) is 0 Å². The summed E-state index contributed by atoms with van der Waals surface area (Å²) in [6, 6.07) is 7.81. The summed E-state index contributed by atoms with van der Waals surface area (Å²) in [6.07, 6.45) is 3.14. The number of carbonyl (C=O) groups excluding carboxylic acids is 1. The zero-order valence-electron chi connectivity index (χ0n) is 10.1. The molecule has 0 radical (unpaired) electrons. The molecule has 1 saturated heterocycles. The van der Waals surface area contributed by atoms with E-state index in [-0.39, 0.29) is 23.9 Å². The van der Waals surface area contributed by atoms with Crippen LogP contribution in [0.25, 0.3) is 0 Å². The van der Waals surface area contributed by atoms with E-state index in [1.807, 2.05) is 31.2 Å². The zero-order valence-corrected chi connectivity index (χ0v) is 10.1. The van der Waals surface area contributed by atoms with Crippen molar-refractivity contribution < 1.29 is 9.53 Å². The van der Waals surface area contributed by atoms with Gasteiger partial charge in [-0.25, -0.2) is 0 Å². The minimum absolute atomic E-state index is 0.00815. The van der Waals surface area contributed by atoms with E-state index in [2.05, 4.69) is 13.0 Å². The summed E-state index contributed by atoms with van der Waals surface area (Å²) in [6.45, 7) is 4.11. The molecule has 2 nitrogen and oxygen atoms in total. The largest absolute Gasteiger partial charge is 0.366 e. The highest BCUT2D eigenvalue weighted by Crippen LogP contribution is 2.39. The second kappa shape index (κ2) is 3.81. The maximum Gasteiger partial charge on any atom is 0.168 e. The molecule has 2 aliphatic rings. The van der Waals surface area contributed by atoms with Crippen LogP contribution in [0.15, 0.2) is 35.9 Å². The van der Waals surface area contributed by atoms with Crippen molar-refractivity contribution in [2.24, 2.45) is 5.92 Å². The summed E-state index contributed by atoms with van der Waals surface area (Å²) >= 11 is 0. The molecule has 1 fully saturated rings. The Morgan fingerprint density at radius 2 is 1.94 bits per heavy atom. The first-order chi connectivity index (χ1) is 8.15. The Balaban J connectivity index is 1.83. The van der Waals surface area contributed by atoms with Crippen molar-refractivity contribution in [1.29, 1.82) is 0 Å². The molecule has 0 saturated carbocycles. The van der Waals surface area contributed by atoms with Gasteiger partial charge in [0.25, 0.3) is 0 Å². The number of hydrogen-bond donors (Lipinski definition) is 0. The van der Waals surface area contributed by atoms with Gasteiger partial charge in [0.1, 0.15) is 0 Å². The topological polar surface area (TPSA) is 26.3 Å². The van der Waals surface area contributed by atoms with E-state index in [9.17, 15) is 4.79 Å². The first-order valence-electron chi connectivity index (χ1n) is 6.10. The second-order valence-corrected chi connectivity index (χ2v) is 5.07. The molecule has 2 heterocycles. The number of fused-ring (bicyclic) bond motifs is 2. The lowest BCUT2D eigenvalue weighted by Gasteiger charge is -2.15. The number of Topliss-reactive ketones (excluding diaryl/α,β-unsaturated/α-hetero) is 1. The smallest absolute Gasteiger partial charge is 0.168 e. The van der Waals surface area contributed by atoms with Gasteiger partial charge in [-0.05, 0) is 25.8 Å². The Bertz CT molecular complexity index is 484. The molecular formula is C15H16O2. The molecule has 17 heavy (non-hydrogen) atoms. The molecule has 1 aromatic rings. The first-order valence-corrected chi connectivity index (χ1v) is 6.10. The highest BCUT2D eigenvalue weighted by atomic mass is 16.5. The van der Waals surface area contributed by atoms with Crippen LogP contribution in [-0.4, -0.2) is 18.0 Å². The maximum atomic E-state index is 12.3. The number of benzene rings is 1. The predicted molar refractivity (Wildman–Crippen MR) is 66.0 cm³/mol. The van der Waals surface area contributed by atoms with Gasteiger partial charge in [-0.1, -0.05) is 35.9 Å². The van der Waals surface area contributed by atoms with Crippen LogP contribution in [0.4, 0.5) is 0 Å². The summed E-state index contributed by atoms with van der Waals surface area (Å²) in [5, 5.41) is 0. The van der Waals surface area contributed by atoms with Gasteiger partial charge in [0.05, 0.1) is 18.1 Å². The Morgan fingerprint density at radius 3 is 2.47 bits per heavy atom. The van der Waals surface area contributed by atoms with Crippen molar-refractivity contribution in [2.45, 2.75) is 32.5 Å². The van der Waals surface area contributed by atoms with Crippen LogP contribution in [-0.2, 0) is 4.74 Å². The third-order valence-electron chi connectivity index (χ3n) is 3.79. The van der Waals surface area contributed by atoms with Gasteiger partial charge in [0.15, 0.2) is 5.78 Å². The van der Waals surface area contributed by atoms with Crippen molar-refractivity contribution in [3.05, 3.63) is 47.0 Å². The molecule has 3 rings (SSSR count). The van der Waals surface area contributed by atoms with Gasteiger partial charge >= 0.3 is 0 Å². The van der Waals surface area contributed by atoms with Crippen LogP contribution >= 0.6 is 0 Å². The Kier molecular flexibility index (Phi) is 2.40. The first kappa shape index (κ1) is 10.7. The van der Waals surface area contributed by atoms with Crippen molar-refractivity contribution in [1.82, 2.24) is 0 Å². The van der Waals surface area contributed by atoms with Crippen LogP contribution < -0.4 is 0 Å².